The first-order valence-corrected chi connectivity index (χ1v) is 11.7. The molecule has 1 aliphatic heterocycles. The summed E-state index contributed by atoms with van der Waals surface area (Å²) in [4.78, 5) is 12.8. The van der Waals surface area contributed by atoms with Crippen molar-refractivity contribution in [2.75, 3.05) is 20.2 Å². The van der Waals surface area contributed by atoms with Crippen LogP contribution in [0.1, 0.15) is 56.3 Å². The minimum absolute atomic E-state index is 0.0593. The minimum Gasteiger partial charge on any atom is -0.495 e. The smallest absolute Gasteiger partial charge is 0.345 e. The highest BCUT2D eigenvalue weighted by Crippen LogP contribution is 2.35. The van der Waals surface area contributed by atoms with E-state index in [-0.39, 0.29) is 22.5 Å². The van der Waals surface area contributed by atoms with Crippen LogP contribution in [0.25, 0.3) is 0 Å². The standard InChI is InChI=1S/C20H28N4O4S/c1-22-20(25)24(16-7-3-4-8-16)19(21-22)15-11-13-23(14-12-15)29(26,27)18-10-6-5-9-17(18)28-2/h5-6,9-10,15-16H,3-4,7-8,11-14H2,1-2H3. The number of ether oxygens (including phenoxy) is 1. The van der Waals surface area contributed by atoms with Gasteiger partial charge in [0.15, 0.2) is 0 Å². The lowest BCUT2D eigenvalue weighted by molar-refractivity contribution is 0.302. The van der Waals surface area contributed by atoms with Gasteiger partial charge in [0.05, 0.1) is 7.11 Å². The van der Waals surface area contributed by atoms with Gasteiger partial charge < -0.3 is 4.74 Å². The van der Waals surface area contributed by atoms with Crippen molar-refractivity contribution in [2.45, 2.75) is 55.4 Å². The molecule has 2 heterocycles. The summed E-state index contributed by atoms with van der Waals surface area (Å²) in [6.45, 7) is 0.807. The van der Waals surface area contributed by atoms with Gasteiger partial charge in [-0.3, -0.25) is 4.57 Å². The lowest BCUT2D eigenvalue weighted by atomic mass is 9.97. The van der Waals surface area contributed by atoms with Gasteiger partial charge in [-0.05, 0) is 37.8 Å². The van der Waals surface area contributed by atoms with Crippen LogP contribution >= 0.6 is 0 Å². The van der Waals surface area contributed by atoms with E-state index in [1.807, 2.05) is 4.57 Å². The van der Waals surface area contributed by atoms with Crippen molar-refractivity contribution in [3.05, 3.63) is 40.6 Å². The predicted octanol–water partition coefficient (Wildman–Crippen LogP) is 2.27. The number of hydrogen-bond donors (Lipinski definition) is 0. The fourth-order valence-electron chi connectivity index (χ4n) is 4.61. The molecular weight excluding hydrogens is 392 g/mol. The monoisotopic (exact) mass is 420 g/mol. The Morgan fingerprint density at radius 1 is 1.07 bits per heavy atom. The van der Waals surface area contributed by atoms with Gasteiger partial charge in [-0.2, -0.15) is 9.40 Å². The molecule has 2 aromatic rings. The zero-order valence-corrected chi connectivity index (χ0v) is 17.8. The van der Waals surface area contributed by atoms with E-state index in [4.69, 9.17) is 4.74 Å². The van der Waals surface area contributed by atoms with Gasteiger partial charge in [0, 0.05) is 32.1 Å². The Labute approximate surface area is 171 Å². The molecule has 0 amide bonds. The Bertz CT molecular complexity index is 1030. The fraction of sp³-hybridized carbons (Fsp3) is 0.600. The summed E-state index contributed by atoms with van der Waals surface area (Å²) in [7, 11) is -0.456. The molecule has 1 aromatic heterocycles. The molecular formula is C20H28N4O4S. The molecule has 2 fully saturated rings. The first-order valence-electron chi connectivity index (χ1n) is 10.2. The van der Waals surface area contributed by atoms with Gasteiger partial charge in [0.1, 0.15) is 16.5 Å². The number of aromatic nitrogens is 3. The number of benzene rings is 1. The summed E-state index contributed by atoms with van der Waals surface area (Å²) >= 11 is 0. The van der Waals surface area contributed by atoms with E-state index >= 15 is 0 Å². The lowest BCUT2D eigenvalue weighted by Crippen LogP contribution is -2.39. The van der Waals surface area contributed by atoms with E-state index < -0.39 is 10.0 Å². The third-order valence-corrected chi connectivity index (χ3v) is 8.12. The van der Waals surface area contributed by atoms with E-state index in [0.717, 1.165) is 31.5 Å². The van der Waals surface area contributed by atoms with Crippen LogP contribution in [-0.2, 0) is 17.1 Å². The zero-order chi connectivity index (χ0) is 20.6. The molecule has 8 nitrogen and oxygen atoms in total. The Morgan fingerprint density at radius 2 is 1.72 bits per heavy atom. The Balaban J connectivity index is 1.55. The van der Waals surface area contributed by atoms with E-state index in [0.29, 0.717) is 31.7 Å². The molecule has 1 saturated carbocycles. The van der Waals surface area contributed by atoms with E-state index in [1.54, 1.807) is 31.3 Å². The van der Waals surface area contributed by atoms with Crippen LogP contribution in [0.3, 0.4) is 0 Å². The molecule has 1 aliphatic carbocycles. The van der Waals surface area contributed by atoms with Gasteiger partial charge in [-0.15, -0.1) is 0 Å². The molecule has 0 N–H and O–H groups in total. The van der Waals surface area contributed by atoms with Crippen LogP contribution in [0.15, 0.2) is 34.0 Å². The molecule has 0 unspecified atom stereocenters. The Hall–Kier alpha value is -2.13. The van der Waals surface area contributed by atoms with E-state index in [2.05, 4.69) is 5.10 Å². The normalized spacial score (nSPS) is 19.7. The van der Waals surface area contributed by atoms with Crippen molar-refractivity contribution < 1.29 is 13.2 Å². The second kappa shape index (κ2) is 7.95. The van der Waals surface area contributed by atoms with Crippen molar-refractivity contribution in [2.24, 2.45) is 7.05 Å². The van der Waals surface area contributed by atoms with E-state index in [1.165, 1.54) is 16.1 Å². The summed E-state index contributed by atoms with van der Waals surface area (Å²) in [5.74, 6) is 1.27. The van der Waals surface area contributed by atoms with Crippen LogP contribution in [0.4, 0.5) is 0 Å². The lowest BCUT2D eigenvalue weighted by Gasteiger charge is -2.31. The zero-order valence-electron chi connectivity index (χ0n) is 17.0. The first kappa shape index (κ1) is 20.2. The summed E-state index contributed by atoms with van der Waals surface area (Å²) < 4.78 is 36.3. The topological polar surface area (TPSA) is 86.4 Å². The van der Waals surface area contributed by atoms with Crippen molar-refractivity contribution in [3.63, 3.8) is 0 Å². The number of hydrogen-bond acceptors (Lipinski definition) is 5. The largest absolute Gasteiger partial charge is 0.495 e. The highest BCUT2D eigenvalue weighted by Gasteiger charge is 2.35. The molecule has 1 saturated heterocycles. The molecule has 2 aliphatic rings. The number of para-hydroxylation sites is 1. The fourth-order valence-corrected chi connectivity index (χ4v) is 6.23. The molecule has 9 heteroatoms. The average Bonchev–Trinajstić information content (AvgIpc) is 3.36. The minimum atomic E-state index is -3.62. The number of rotatable bonds is 5. The van der Waals surface area contributed by atoms with Gasteiger partial charge >= 0.3 is 5.69 Å². The summed E-state index contributed by atoms with van der Waals surface area (Å²) in [6, 6.07) is 6.93. The second-order valence-corrected chi connectivity index (χ2v) is 9.81. The maximum atomic E-state index is 13.1. The van der Waals surface area contributed by atoms with Crippen LogP contribution in [0.5, 0.6) is 5.75 Å². The Morgan fingerprint density at radius 3 is 2.38 bits per heavy atom. The van der Waals surface area contributed by atoms with Crippen LogP contribution in [-0.4, -0.2) is 47.3 Å². The maximum absolute atomic E-state index is 13.1. The van der Waals surface area contributed by atoms with Crippen LogP contribution in [0.2, 0.25) is 0 Å². The van der Waals surface area contributed by atoms with Crippen molar-refractivity contribution in [1.82, 2.24) is 18.7 Å². The summed E-state index contributed by atoms with van der Waals surface area (Å²) in [5, 5.41) is 4.53. The Kier molecular flexibility index (Phi) is 5.52. The molecule has 0 radical (unpaired) electrons. The molecule has 158 valence electrons. The molecule has 0 spiro atoms. The predicted molar refractivity (Wildman–Crippen MR) is 109 cm³/mol. The first-order chi connectivity index (χ1) is 13.9. The summed E-state index contributed by atoms with van der Waals surface area (Å²) in [5.41, 5.74) is -0.0593. The highest BCUT2D eigenvalue weighted by molar-refractivity contribution is 7.89. The van der Waals surface area contributed by atoms with Gasteiger partial charge in [-0.1, -0.05) is 25.0 Å². The molecule has 29 heavy (non-hydrogen) atoms. The van der Waals surface area contributed by atoms with Crippen LogP contribution < -0.4 is 10.4 Å². The average molecular weight is 421 g/mol. The third-order valence-electron chi connectivity index (χ3n) is 6.18. The third kappa shape index (κ3) is 3.61. The molecule has 4 rings (SSSR count). The molecule has 0 bridgehead atoms. The number of methoxy groups -OCH3 is 1. The summed E-state index contributed by atoms with van der Waals surface area (Å²) in [6.07, 6.45) is 5.61. The van der Waals surface area contributed by atoms with Gasteiger partial charge in [-0.25, -0.2) is 17.9 Å². The number of piperidine rings is 1. The molecule has 1 aromatic carbocycles. The number of nitrogens with zero attached hydrogens (tertiary/aromatic N) is 4. The van der Waals surface area contributed by atoms with Crippen LogP contribution in [0, 0.1) is 0 Å². The van der Waals surface area contributed by atoms with Crippen molar-refractivity contribution in [1.29, 1.82) is 0 Å². The van der Waals surface area contributed by atoms with E-state index in [9.17, 15) is 13.2 Å². The second-order valence-electron chi connectivity index (χ2n) is 7.90. The maximum Gasteiger partial charge on any atom is 0.345 e. The number of sulfonamides is 1. The molecule has 0 atom stereocenters. The quantitative estimate of drug-likeness (QED) is 0.741. The SMILES string of the molecule is COc1ccccc1S(=O)(=O)N1CCC(c2nn(C)c(=O)n2C2CCCC2)CC1. The highest BCUT2D eigenvalue weighted by atomic mass is 32.2. The number of aryl methyl sites for hydroxylation is 1. The van der Waals surface area contributed by atoms with Gasteiger partial charge in [0.2, 0.25) is 10.0 Å². The van der Waals surface area contributed by atoms with Crippen molar-refractivity contribution >= 4 is 10.0 Å². The van der Waals surface area contributed by atoms with Crippen molar-refractivity contribution in [3.8, 4) is 5.75 Å². The van der Waals surface area contributed by atoms with Gasteiger partial charge in [0.25, 0.3) is 0 Å².